The first-order valence-electron chi connectivity index (χ1n) is 28.5. The molecular formula is C58H107NO10. The third kappa shape index (κ3) is 35.8. The van der Waals surface area contributed by atoms with E-state index in [9.17, 15) is 40.5 Å². The van der Waals surface area contributed by atoms with E-state index in [1.165, 1.54) is 141 Å². The Bertz CT molecular complexity index is 1260. The van der Waals surface area contributed by atoms with Crippen molar-refractivity contribution >= 4 is 5.91 Å². The van der Waals surface area contributed by atoms with Crippen LogP contribution in [0.3, 0.4) is 0 Å². The highest BCUT2D eigenvalue weighted by atomic mass is 16.7. The molecule has 9 unspecified atom stereocenters. The maximum absolute atomic E-state index is 13.1. The molecule has 1 saturated heterocycles. The third-order valence-electron chi connectivity index (χ3n) is 13.6. The van der Waals surface area contributed by atoms with Crippen molar-refractivity contribution in [1.82, 2.24) is 5.32 Å². The van der Waals surface area contributed by atoms with Gasteiger partial charge in [0.05, 0.1) is 25.4 Å². The second-order valence-electron chi connectivity index (χ2n) is 20.0. The molecule has 0 aromatic rings. The summed E-state index contributed by atoms with van der Waals surface area (Å²) in [4.78, 5) is 13.1. The van der Waals surface area contributed by atoms with Gasteiger partial charge in [0.2, 0.25) is 5.91 Å². The molecule has 0 bridgehead atoms. The minimum absolute atomic E-state index is 0.233. The van der Waals surface area contributed by atoms with Crippen LogP contribution in [0.15, 0.2) is 48.6 Å². The number of unbranched alkanes of at least 4 members (excludes halogenated alkanes) is 28. The van der Waals surface area contributed by atoms with Crippen LogP contribution in [-0.4, -0.2) is 110 Å². The van der Waals surface area contributed by atoms with Gasteiger partial charge < -0.3 is 50.5 Å². The van der Waals surface area contributed by atoms with Crippen molar-refractivity contribution in [2.45, 2.75) is 300 Å². The number of nitrogens with one attached hydrogen (secondary N) is 1. The maximum Gasteiger partial charge on any atom is 0.249 e. The smallest absolute Gasteiger partial charge is 0.249 e. The van der Waals surface area contributed by atoms with Gasteiger partial charge in [-0.25, -0.2) is 0 Å². The predicted molar refractivity (Wildman–Crippen MR) is 284 cm³/mol. The van der Waals surface area contributed by atoms with E-state index in [0.717, 1.165) is 57.8 Å². The Balaban J connectivity index is 2.28. The van der Waals surface area contributed by atoms with Gasteiger partial charge in [0.15, 0.2) is 6.29 Å². The Kier molecular flexibility index (Phi) is 44.4. The van der Waals surface area contributed by atoms with Gasteiger partial charge in [0, 0.05) is 0 Å². The van der Waals surface area contributed by atoms with Crippen LogP contribution >= 0.6 is 0 Å². The van der Waals surface area contributed by atoms with Gasteiger partial charge in [-0.2, -0.15) is 0 Å². The molecule has 1 aliphatic rings. The highest BCUT2D eigenvalue weighted by Gasteiger charge is 2.44. The minimum atomic E-state index is -1.68. The summed E-state index contributed by atoms with van der Waals surface area (Å²) in [6.45, 7) is 3.39. The molecular weight excluding hydrogens is 871 g/mol. The number of allylic oxidation sites excluding steroid dienone is 8. The quantitative estimate of drug-likeness (QED) is 0.0215. The molecule has 0 radical (unpaired) electrons. The summed E-state index contributed by atoms with van der Waals surface area (Å²) < 4.78 is 11.1. The summed E-state index contributed by atoms with van der Waals surface area (Å²) in [7, 11) is 0. The van der Waals surface area contributed by atoms with Gasteiger partial charge in [-0.1, -0.05) is 204 Å². The molecule has 1 heterocycles. The fourth-order valence-electron chi connectivity index (χ4n) is 8.88. The zero-order valence-corrected chi connectivity index (χ0v) is 44.0. The summed E-state index contributed by atoms with van der Waals surface area (Å²) in [6, 6.07) is -1.20. The molecule has 11 nitrogen and oxygen atoms in total. The lowest BCUT2D eigenvalue weighted by atomic mass is 9.98. The van der Waals surface area contributed by atoms with Crippen LogP contribution in [-0.2, 0) is 14.3 Å². The molecule has 1 amide bonds. The largest absolute Gasteiger partial charge is 0.394 e. The van der Waals surface area contributed by atoms with E-state index in [2.05, 4.69) is 67.8 Å². The number of aliphatic hydroxyl groups is 7. The maximum atomic E-state index is 13.1. The molecule has 69 heavy (non-hydrogen) atoms. The molecule has 0 spiro atoms. The number of hydrogen-bond acceptors (Lipinski definition) is 10. The van der Waals surface area contributed by atoms with Gasteiger partial charge in [0.25, 0.3) is 0 Å². The van der Waals surface area contributed by atoms with E-state index in [1.807, 2.05) is 0 Å². The fraction of sp³-hybridized carbons (Fsp3) is 0.845. The number of carbonyl (C=O) groups excluding carboxylic acids is 1. The van der Waals surface area contributed by atoms with Crippen molar-refractivity contribution in [3.05, 3.63) is 48.6 Å². The Morgan fingerprint density at radius 2 is 0.870 bits per heavy atom. The number of ether oxygens (including phenoxy) is 2. The summed E-state index contributed by atoms with van der Waals surface area (Å²) >= 11 is 0. The highest BCUT2D eigenvalue weighted by molar-refractivity contribution is 5.80. The summed E-state index contributed by atoms with van der Waals surface area (Å²) in [5, 5.41) is 75.8. The molecule has 1 fully saturated rings. The van der Waals surface area contributed by atoms with Crippen molar-refractivity contribution < 1.29 is 50.0 Å². The number of rotatable bonds is 48. The lowest BCUT2D eigenvalue weighted by Crippen LogP contribution is -2.60. The van der Waals surface area contributed by atoms with E-state index in [4.69, 9.17) is 9.47 Å². The Labute approximate surface area is 421 Å². The summed E-state index contributed by atoms with van der Waals surface area (Å²) in [5.41, 5.74) is 0. The normalized spacial score (nSPS) is 20.7. The van der Waals surface area contributed by atoms with Gasteiger partial charge in [0.1, 0.15) is 36.6 Å². The third-order valence-corrected chi connectivity index (χ3v) is 13.6. The SMILES string of the molecule is CCCCC/C=C\CCCCCCC(O)C(=O)NC(COC1OC(CO)C(O)C(O)C1O)C(O)C(O)CCC/C=C/CC/C=C/CC/C=C/CCCCCCCCCCCCCCCCCCCC. The number of carbonyl (C=O) groups is 1. The molecule has 404 valence electrons. The summed E-state index contributed by atoms with van der Waals surface area (Å²) in [6.07, 6.45) is 47.7. The van der Waals surface area contributed by atoms with E-state index >= 15 is 0 Å². The molecule has 0 saturated carbocycles. The van der Waals surface area contributed by atoms with Crippen molar-refractivity contribution in [3.63, 3.8) is 0 Å². The van der Waals surface area contributed by atoms with Crippen molar-refractivity contribution in [2.24, 2.45) is 0 Å². The minimum Gasteiger partial charge on any atom is -0.394 e. The second-order valence-corrected chi connectivity index (χ2v) is 20.0. The monoisotopic (exact) mass is 978 g/mol. The molecule has 1 rings (SSSR count). The molecule has 9 atom stereocenters. The molecule has 0 aliphatic carbocycles. The zero-order valence-electron chi connectivity index (χ0n) is 44.0. The van der Waals surface area contributed by atoms with Crippen LogP contribution in [0.2, 0.25) is 0 Å². The van der Waals surface area contributed by atoms with Gasteiger partial charge in [-0.3, -0.25) is 4.79 Å². The van der Waals surface area contributed by atoms with Crippen LogP contribution in [0.5, 0.6) is 0 Å². The second kappa shape index (κ2) is 47.1. The first-order chi connectivity index (χ1) is 33.7. The number of amides is 1. The van der Waals surface area contributed by atoms with Crippen LogP contribution in [0, 0.1) is 0 Å². The molecule has 0 aromatic carbocycles. The zero-order chi connectivity index (χ0) is 50.4. The lowest BCUT2D eigenvalue weighted by Gasteiger charge is -2.40. The van der Waals surface area contributed by atoms with Crippen molar-refractivity contribution in [1.29, 1.82) is 0 Å². The first kappa shape index (κ1) is 65.1. The van der Waals surface area contributed by atoms with E-state index in [0.29, 0.717) is 19.3 Å². The van der Waals surface area contributed by atoms with Crippen LogP contribution in [0.25, 0.3) is 0 Å². The Morgan fingerprint density at radius 3 is 1.32 bits per heavy atom. The first-order valence-corrected chi connectivity index (χ1v) is 28.5. The standard InChI is InChI=1S/C58H107NO10/c1-3-5-7-9-11-13-15-16-17-18-19-20-21-22-23-24-25-26-27-28-29-30-31-32-33-34-36-37-39-41-43-45-50(61)53(63)49(48-68-58-56(66)55(65)54(64)52(47-60)69-58)59-57(67)51(62)46-44-42-40-38-35-14-12-10-8-6-4-2/h12,14,28-29,32-33,37,39,49-56,58,60-66H,3-11,13,15-27,30-31,34-36,38,40-48H2,1-2H3,(H,59,67)/b14-12-,29-28+,33-32+,39-37+. The fourth-order valence-corrected chi connectivity index (χ4v) is 8.88. The number of aliphatic hydroxyl groups excluding tert-OH is 7. The van der Waals surface area contributed by atoms with E-state index in [-0.39, 0.29) is 12.8 Å². The van der Waals surface area contributed by atoms with Crippen molar-refractivity contribution in [2.75, 3.05) is 13.2 Å². The topological polar surface area (TPSA) is 189 Å². The average Bonchev–Trinajstić information content (AvgIpc) is 3.35. The Morgan fingerprint density at radius 1 is 0.493 bits per heavy atom. The number of hydrogen-bond donors (Lipinski definition) is 8. The lowest BCUT2D eigenvalue weighted by molar-refractivity contribution is -0.303. The van der Waals surface area contributed by atoms with E-state index in [1.54, 1.807) is 0 Å². The summed E-state index contributed by atoms with van der Waals surface area (Å²) in [5.74, 6) is -0.724. The van der Waals surface area contributed by atoms with Gasteiger partial charge in [-0.05, 0) is 89.9 Å². The molecule has 1 aliphatic heterocycles. The van der Waals surface area contributed by atoms with Crippen LogP contribution in [0.1, 0.15) is 245 Å². The predicted octanol–water partition coefficient (Wildman–Crippen LogP) is 11.7. The molecule has 11 heteroatoms. The molecule has 8 N–H and O–H groups in total. The van der Waals surface area contributed by atoms with Crippen LogP contribution in [0.4, 0.5) is 0 Å². The molecule has 0 aromatic heterocycles. The highest BCUT2D eigenvalue weighted by Crippen LogP contribution is 2.23. The van der Waals surface area contributed by atoms with E-state index < -0.39 is 74.2 Å². The van der Waals surface area contributed by atoms with Crippen molar-refractivity contribution in [3.8, 4) is 0 Å². The van der Waals surface area contributed by atoms with Gasteiger partial charge in [-0.15, -0.1) is 0 Å². The van der Waals surface area contributed by atoms with Gasteiger partial charge >= 0.3 is 0 Å². The average molecular weight is 978 g/mol. The Hall–Kier alpha value is -1.93. The van der Waals surface area contributed by atoms with Crippen LogP contribution < -0.4 is 5.32 Å².